The molecule has 0 aliphatic heterocycles. The number of hydrogen-bond acceptors (Lipinski definition) is 2. The van der Waals surface area contributed by atoms with E-state index in [0.717, 1.165) is 39.0 Å². The number of furan rings is 1. The number of allylic oxidation sites excluding steroid dienone is 4. The van der Waals surface area contributed by atoms with Crippen LogP contribution in [0.2, 0.25) is 0 Å². The summed E-state index contributed by atoms with van der Waals surface area (Å²) in [5.74, 6) is 0. The van der Waals surface area contributed by atoms with E-state index in [1.54, 1.807) is 0 Å². The highest BCUT2D eigenvalue weighted by Gasteiger charge is 2.45. The Bertz CT molecular complexity index is 2150. The van der Waals surface area contributed by atoms with E-state index in [9.17, 15) is 0 Å². The van der Waals surface area contributed by atoms with Crippen molar-refractivity contribution in [2.45, 2.75) is 19.3 Å². The molecule has 0 atom stereocenters. The molecule has 0 radical (unpaired) electrons. The fraction of sp³-hybridized carbons (Fsp3) is 0.0698. The molecule has 6 aromatic carbocycles. The van der Waals surface area contributed by atoms with Crippen LogP contribution < -0.4 is 4.90 Å². The number of hydrogen-bond donors (Lipinski definition) is 0. The Morgan fingerprint density at radius 1 is 0.578 bits per heavy atom. The van der Waals surface area contributed by atoms with Crippen molar-refractivity contribution in [2.75, 3.05) is 4.90 Å². The highest BCUT2D eigenvalue weighted by molar-refractivity contribution is 6.06. The molecule has 2 heteroatoms. The minimum absolute atomic E-state index is 0.428. The van der Waals surface area contributed by atoms with E-state index in [4.69, 9.17) is 4.42 Å². The number of para-hydroxylation sites is 2. The molecule has 0 amide bonds. The summed E-state index contributed by atoms with van der Waals surface area (Å²) in [6.07, 6.45) is 6.50. The molecule has 7 aromatic rings. The smallest absolute Gasteiger partial charge is 0.137 e. The largest absolute Gasteiger partial charge is 0.456 e. The number of anilines is 3. The Morgan fingerprint density at radius 2 is 1.11 bits per heavy atom. The Hall–Kier alpha value is -5.60. The van der Waals surface area contributed by atoms with Crippen molar-refractivity contribution in [1.82, 2.24) is 0 Å². The van der Waals surface area contributed by atoms with Crippen LogP contribution in [0.3, 0.4) is 0 Å². The van der Waals surface area contributed by atoms with Crippen LogP contribution in [0.4, 0.5) is 17.1 Å². The highest BCUT2D eigenvalue weighted by Crippen LogP contribution is 2.56. The average molecular weight is 580 g/mol. The molecular formula is C43H33NO. The summed E-state index contributed by atoms with van der Waals surface area (Å²) in [7, 11) is 0. The first-order chi connectivity index (χ1) is 22.2. The molecule has 8 rings (SSSR count). The molecule has 1 heterocycles. The van der Waals surface area contributed by atoms with Gasteiger partial charge in [-0.2, -0.15) is 0 Å². The molecule has 45 heavy (non-hydrogen) atoms. The maximum atomic E-state index is 6.74. The third-order valence-corrected chi connectivity index (χ3v) is 9.26. The summed E-state index contributed by atoms with van der Waals surface area (Å²) in [5, 5.41) is 2.24. The Balaban J connectivity index is 1.33. The monoisotopic (exact) mass is 579 g/mol. The van der Waals surface area contributed by atoms with Gasteiger partial charge in [0.25, 0.3) is 0 Å². The van der Waals surface area contributed by atoms with Crippen molar-refractivity contribution in [1.29, 1.82) is 0 Å². The van der Waals surface area contributed by atoms with Crippen LogP contribution in [0.1, 0.15) is 30.5 Å². The van der Waals surface area contributed by atoms with Crippen LogP contribution in [0.15, 0.2) is 174 Å². The van der Waals surface area contributed by atoms with Crippen LogP contribution >= 0.6 is 0 Å². The lowest BCUT2D eigenvalue weighted by Gasteiger charge is -2.34. The molecule has 0 saturated heterocycles. The molecule has 1 aromatic heterocycles. The van der Waals surface area contributed by atoms with Gasteiger partial charge in [-0.3, -0.25) is 0 Å². The van der Waals surface area contributed by atoms with Crippen LogP contribution in [0.5, 0.6) is 0 Å². The normalized spacial score (nSPS) is 13.8. The van der Waals surface area contributed by atoms with Crippen molar-refractivity contribution in [3.8, 4) is 11.1 Å². The summed E-state index contributed by atoms with van der Waals surface area (Å²) in [4.78, 5) is 2.27. The second-order valence-corrected chi connectivity index (χ2v) is 11.7. The van der Waals surface area contributed by atoms with Crippen LogP contribution in [0.25, 0.3) is 33.1 Å². The zero-order valence-corrected chi connectivity index (χ0v) is 25.4. The molecule has 0 bridgehead atoms. The molecule has 0 N–H and O–H groups in total. The van der Waals surface area contributed by atoms with Crippen molar-refractivity contribution in [3.05, 3.63) is 186 Å². The van der Waals surface area contributed by atoms with E-state index < -0.39 is 5.41 Å². The van der Waals surface area contributed by atoms with E-state index >= 15 is 0 Å². The van der Waals surface area contributed by atoms with Gasteiger partial charge in [0.15, 0.2) is 0 Å². The molecule has 216 valence electrons. The van der Waals surface area contributed by atoms with Gasteiger partial charge in [0.2, 0.25) is 0 Å². The fourth-order valence-corrected chi connectivity index (χ4v) is 7.30. The van der Waals surface area contributed by atoms with Gasteiger partial charge in [-0.05, 0) is 84.1 Å². The minimum atomic E-state index is -0.428. The van der Waals surface area contributed by atoms with Crippen molar-refractivity contribution >= 4 is 39.0 Å². The predicted octanol–water partition coefficient (Wildman–Crippen LogP) is 11.9. The lowest BCUT2D eigenvalue weighted by Crippen LogP contribution is -2.28. The lowest BCUT2D eigenvalue weighted by molar-refractivity contribution is 0.665. The number of benzene rings is 6. The first kappa shape index (κ1) is 27.0. The quantitative estimate of drug-likeness (QED) is 0.182. The second-order valence-electron chi connectivity index (χ2n) is 11.7. The number of nitrogens with zero attached hydrogens (tertiary/aromatic N) is 1. The predicted molar refractivity (Wildman–Crippen MR) is 189 cm³/mol. The molecule has 2 nitrogen and oxygen atoms in total. The zero-order valence-electron chi connectivity index (χ0n) is 25.4. The number of rotatable bonds is 6. The maximum Gasteiger partial charge on any atom is 0.137 e. The Kier molecular flexibility index (Phi) is 6.50. The fourth-order valence-electron chi connectivity index (χ4n) is 7.30. The van der Waals surface area contributed by atoms with E-state index in [2.05, 4.69) is 183 Å². The molecular weight excluding hydrogens is 546 g/mol. The third kappa shape index (κ3) is 4.17. The van der Waals surface area contributed by atoms with Gasteiger partial charge < -0.3 is 9.32 Å². The molecule has 0 saturated carbocycles. The standard InChI is InChI=1S/C43H33NO/c1-3-4-15-30(2)43(39-22-13-11-20-35(39)36-21-12-14-23-40(36)43)31-24-26-37-38-27-25-34(29-42(38)45-41(37)28-31)44(32-16-7-5-8-17-32)33-18-9-6-10-19-33/h3-29H,1-2H3/b4-3-,30-15+. The molecule has 0 spiro atoms. The SMILES string of the molecule is C/C=C\C=C(/C)C1(c2ccc3c(c2)oc2cc(N(c4ccccc4)c4ccccc4)ccc23)c2ccccc2-c2ccccc21. The van der Waals surface area contributed by atoms with E-state index in [1.165, 1.54) is 33.4 Å². The van der Waals surface area contributed by atoms with Crippen molar-refractivity contribution in [3.63, 3.8) is 0 Å². The molecule has 0 fully saturated rings. The summed E-state index contributed by atoms with van der Waals surface area (Å²) in [5.41, 5.74) is 12.3. The van der Waals surface area contributed by atoms with Gasteiger partial charge in [-0.25, -0.2) is 0 Å². The van der Waals surface area contributed by atoms with E-state index in [1.807, 2.05) is 0 Å². The maximum absolute atomic E-state index is 6.74. The van der Waals surface area contributed by atoms with Crippen LogP contribution in [0, 0.1) is 0 Å². The van der Waals surface area contributed by atoms with Crippen LogP contribution in [-0.2, 0) is 5.41 Å². The van der Waals surface area contributed by atoms with Gasteiger partial charge >= 0.3 is 0 Å². The lowest BCUT2D eigenvalue weighted by atomic mass is 9.67. The Labute approximate surface area is 264 Å². The molecule has 1 aliphatic rings. The van der Waals surface area contributed by atoms with Gasteiger partial charge in [0.05, 0.1) is 5.41 Å². The van der Waals surface area contributed by atoms with Crippen LogP contribution in [-0.4, -0.2) is 0 Å². The highest BCUT2D eigenvalue weighted by atomic mass is 16.3. The first-order valence-corrected chi connectivity index (χ1v) is 15.6. The topological polar surface area (TPSA) is 16.4 Å². The van der Waals surface area contributed by atoms with Gasteiger partial charge in [0.1, 0.15) is 11.2 Å². The second kappa shape index (κ2) is 10.8. The first-order valence-electron chi connectivity index (χ1n) is 15.6. The van der Waals surface area contributed by atoms with Gasteiger partial charge in [-0.15, -0.1) is 0 Å². The summed E-state index contributed by atoms with van der Waals surface area (Å²) in [6.45, 7) is 4.33. The van der Waals surface area contributed by atoms with E-state index in [0.29, 0.717) is 0 Å². The molecule has 0 unspecified atom stereocenters. The number of fused-ring (bicyclic) bond motifs is 6. The zero-order chi connectivity index (χ0) is 30.4. The van der Waals surface area contributed by atoms with Crippen molar-refractivity contribution in [2.24, 2.45) is 0 Å². The summed E-state index contributed by atoms with van der Waals surface area (Å²) in [6, 6.07) is 52.1. The molecule has 1 aliphatic carbocycles. The summed E-state index contributed by atoms with van der Waals surface area (Å²) >= 11 is 0. The van der Waals surface area contributed by atoms with Gasteiger partial charge in [0, 0.05) is 33.9 Å². The summed E-state index contributed by atoms with van der Waals surface area (Å²) < 4.78 is 6.74. The van der Waals surface area contributed by atoms with Crippen molar-refractivity contribution < 1.29 is 4.42 Å². The van der Waals surface area contributed by atoms with E-state index in [-0.39, 0.29) is 0 Å². The minimum Gasteiger partial charge on any atom is -0.456 e. The van der Waals surface area contributed by atoms with Gasteiger partial charge in [-0.1, -0.05) is 121 Å². The third-order valence-electron chi connectivity index (χ3n) is 9.26. The average Bonchev–Trinajstić information content (AvgIpc) is 3.61. The Morgan fingerprint density at radius 3 is 1.71 bits per heavy atom.